The molecule has 2 heterocycles. The molecule has 2 aromatic heterocycles. The van der Waals surface area contributed by atoms with Crippen LogP contribution in [0.1, 0.15) is 17.4 Å². The van der Waals surface area contributed by atoms with Gasteiger partial charge in [-0.1, -0.05) is 0 Å². The van der Waals surface area contributed by atoms with Crippen molar-refractivity contribution < 1.29 is 22.7 Å². The van der Waals surface area contributed by atoms with Crippen molar-refractivity contribution in [3.05, 3.63) is 65.9 Å². The Morgan fingerprint density at radius 3 is 2.36 bits per heavy atom. The molecule has 0 atom stereocenters. The van der Waals surface area contributed by atoms with Crippen LogP contribution in [0.15, 0.2) is 42.7 Å². The van der Waals surface area contributed by atoms with Gasteiger partial charge >= 0.3 is 5.97 Å². The maximum Gasteiger partial charge on any atom is 0.358 e. The molecular weight excluding hydrogens is 335 g/mol. The first-order valence-electron chi connectivity index (χ1n) is 7.33. The van der Waals surface area contributed by atoms with E-state index in [2.05, 4.69) is 10.1 Å². The molecule has 8 heteroatoms. The minimum Gasteiger partial charge on any atom is -0.461 e. The summed E-state index contributed by atoms with van der Waals surface area (Å²) in [6, 6.07) is 6.29. The van der Waals surface area contributed by atoms with Gasteiger partial charge in [0.25, 0.3) is 0 Å². The van der Waals surface area contributed by atoms with Crippen LogP contribution >= 0.6 is 0 Å². The van der Waals surface area contributed by atoms with E-state index in [9.17, 15) is 18.0 Å². The zero-order valence-corrected chi connectivity index (χ0v) is 13.0. The van der Waals surface area contributed by atoms with Gasteiger partial charge in [0.2, 0.25) is 0 Å². The summed E-state index contributed by atoms with van der Waals surface area (Å²) in [7, 11) is 0. The predicted octanol–water partition coefficient (Wildman–Crippen LogP) is 3.53. The number of esters is 1. The number of nitrogens with zero attached hydrogens (tertiary/aromatic N) is 3. The molecule has 1 aromatic carbocycles. The molecule has 0 aliphatic carbocycles. The summed E-state index contributed by atoms with van der Waals surface area (Å²) in [6.45, 7) is 1.79. The van der Waals surface area contributed by atoms with Crippen LogP contribution in [-0.2, 0) is 4.74 Å². The van der Waals surface area contributed by atoms with Crippen molar-refractivity contribution in [2.24, 2.45) is 0 Å². The largest absolute Gasteiger partial charge is 0.461 e. The number of carbonyl (C=O) groups is 1. The summed E-state index contributed by atoms with van der Waals surface area (Å²) in [6.07, 6.45) is 3.03. The number of benzene rings is 1. The Hall–Kier alpha value is -3.16. The second kappa shape index (κ2) is 6.76. The summed E-state index contributed by atoms with van der Waals surface area (Å²) in [5.74, 6) is -4.97. The molecule has 0 radical (unpaired) electrons. The molecule has 0 fully saturated rings. The van der Waals surface area contributed by atoms with E-state index in [0.29, 0.717) is 11.3 Å². The van der Waals surface area contributed by atoms with Crippen molar-refractivity contribution in [2.75, 3.05) is 6.61 Å². The van der Waals surface area contributed by atoms with E-state index in [1.807, 2.05) is 0 Å². The Labute approximate surface area is 140 Å². The molecule has 0 spiro atoms. The SMILES string of the molecule is CCOC(=O)c1cc(-c2ccncc2)n(-c2cc(F)c(F)c(F)c2)n1. The second-order valence-corrected chi connectivity index (χ2v) is 5.01. The maximum atomic E-state index is 13.6. The van der Waals surface area contributed by atoms with Gasteiger partial charge in [0.05, 0.1) is 18.0 Å². The number of carbonyl (C=O) groups excluding carboxylic acids is 1. The summed E-state index contributed by atoms with van der Waals surface area (Å²) in [4.78, 5) is 15.8. The fraction of sp³-hybridized carbons (Fsp3) is 0.118. The fourth-order valence-corrected chi connectivity index (χ4v) is 2.28. The van der Waals surface area contributed by atoms with Crippen molar-refractivity contribution in [1.82, 2.24) is 14.8 Å². The van der Waals surface area contributed by atoms with Gasteiger partial charge < -0.3 is 4.74 Å². The summed E-state index contributed by atoms with van der Waals surface area (Å²) >= 11 is 0. The molecule has 128 valence electrons. The lowest BCUT2D eigenvalue weighted by Crippen LogP contribution is -2.07. The van der Waals surface area contributed by atoms with E-state index in [-0.39, 0.29) is 18.0 Å². The normalized spacial score (nSPS) is 10.7. The Morgan fingerprint density at radius 1 is 1.12 bits per heavy atom. The number of hydrogen-bond donors (Lipinski definition) is 0. The number of hydrogen-bond acceptors (Lipinski definition) is 4. The van der Waals surface area contributed by atoms with Crippen molar-refractivity contribution in [2.45, 2.75) is 6.92 Å². The molecule has 0 saturated heterocycles. The van der Waals surface area contributed by atoms with Crippen molar-refractivity contribution in [3.8, 4) is 16.9 Å². The molecule has 0 saturated carbocycles. The van der Waals surface area contributed by atoms with Gasteiger partial charge in [-0.2, -0.15) is 5.10 Å². The Balaban J connectivity index is 2.19. The monoisotopic (exact) mass is 347 g/mol. The highest BCUT2D eigenvalue weighted by Crippen LogP contribution is 2.25. The third-order valence-corrected chi connectivity index (χ3v) is 3.38. The molecule has 3 rings (SSSR count). The first-order valence-corrected chi connectivity index (χ1v) is 7.33. The average Bonchev–Trinajstić information content (AvgIpc) is 3.06. The highest BCUT2D eigenvalue weighted by molar-refractivity contribution is 5.89. The Kier molecular flexibility index (Phi) is 4.51. The smallest absolute Gasteiger partial charge is 0.358 e. The standard InChI is InChI=1S/C17H12F3N3O2/c1-2-25-17(24)14-9-15(10-3-5-21-6-4-10)23(22-14)11-7-12(18)16(20)13(19)8-11/h3-9H,2H2,1H3. The van der Waals surface area contributed by atoms with E-state index in [1.54, 1.807) is 19.1 Å². The quantitative estimate of drug-likeness (QED) is 0.535. The van der Waals surface area contributed by atoms with Gasteiger partial charge in [-0.05, 0) is 25.1 Å². The van der Waals surface area contributed by atoms with Crippen molar-refractivity contribution >= 4 is 5.97 Å². The van der Waals surface area contributed by atoms with Crippen LogP contribution in [0.5, 0.6) is 0 Å². The van der Waals surface area contributed by atoms with E-state index in [1.165, 1.54) is 18.5 Å². The van der Waals surface area contributed by atoms with Gasteiger partial charge in [-0.15, -0.1) is 0 Å². The molecule has 0 aliphatic heterocycles. The summed E-state index contributed by atoms with van der Waals surface area (Å²) in [5.41, 5.74) is 0.858. The number of rotatable bonds is 4. The van der Waals surface area contributed by atoms with Crippen molar-refractivity contribution in [3.63, 3.8) is 0 Å². The van der Waals surface area contributed by atoms with E-state index in [0.717, 1.165) is 16.8 Å². The van der Waals surface area contributed by atoms with Gasteiger partial charge in [-0.3, -0.25) is 4.98 Å². The first kappa shape index (κ1) is 16.7. The van der Waals surface area contributed by atoms with Crippen LogP contribution in [-0.4, -0.2) is 27.3 Å². The molecule has 3 aromatic rings. The predicted molar refractivity (Wildman–Crippen MR) is 82.6 cm³/mol. The van der Waals surface area contributed by atoms with Crippen molar-refractivity contribution in [1.29, 1.82) is 0 Å². The average molecular weight is 347 g/mol. The van der Waals surface area contributed by atoms with Gasteiger partial charge in [0.1, 0.15) is 0 Å². The van der Waals surface area contributed by atoms with Crippen LogP contribution in [0.4, 0.5) is 13.2 Å². The van der Waals surface area contributed by atoms with Crippen LogP contribution in [0.2, 0.25) is 0 Å². The number of ether oxygens (including phenoxy) is 1. The van der Waals surface area contributed by atoms with Gasteiger partial charge in [-0.25, -0.2) is 22.6 Å². The van der Waals surface area contributed by atoms with Crippen LogP contribution in [0.3, 0.4) is 0 Å². The van der Waals surface area contributed by atoms with Crippen LogP contribution in [0, 0.1) is 17.5 Å². The Morgan fingerprint density at radius 2 is 1.76 bits per heavy atom. The molecule has 0 amide bonds. The van der Waals surface area contributed by atoms with E-state index in [4.69, 9.17) is 4.74 Å². The van der Waals surface area contributed by atoms with E-state index < -0.39 is 23.4 Å². The summed E-state index contributed by atoms with van der Waals surface area (Å²) < 4.78 is 46.4. The molecule has 0 bridgehead atoms. The molecule has 0 N–H and O–H groups in total. The zero-order valence-electron chi connectivity index (χ0n) is 13.0. The maximum absolute atomic E-state index is 13.6. The van der Waals surface area contributed by atoms with Crippen LogP contribution < -0.4 is 0 Å². The lowest BCUT2D eigenvalue weighted by Gasteiger charge is -2.08. The minimum atomic E-state index is -1.58. The molecule has 25 heavy (non-hydrogen) atoms. The number of pyridine rings is 1. The highest BCUT2D eigenvalue weighted by atomic mass is 19.2. The number of aromatic nitrogens is 3. The molecule has 0 unspecified atom stereocenters. The molecular formula is C17H12F3N3O2. The minimum absolute atomic E-state index is 0.0428. The second-order valence-electron chi connectivity index (χ2n) is 5.01. The lowest BCUT2D eigenvalue weighted by atomic mass is 10.2. The van der Waals surface area contributed by atoms with Gasteiger partial charge in [0, 0.05) is 30.1 Å². The third kappa shape index (κ3) is 3.23. The highest BCUT2D eigenvalue weighted by Gasteiger charge is 2.20. The van der Waals surface area contributed by atoms with Crippen LogP contribution in [0.25, 0.3) is 16.9 Å². The fourth-order valence-electron chi connectivity index (χ4n) is 2.28. The zero-order chi connectivity index (χ0) is 18.0. The van der Waals surface area contributed by atoms with Gasteiger partial charge in [0.15, 0.2) is 23.1 Å². The van der Waals surface area contributed by atoms with E-state index >= 15 is 0 Å². The lowest BCUT2D eigenvalue weighted by molar-refractivity contribution is 0.0519. The topological polar surface area (TPSA) is 57.0 Å². The molecule has 5 nitrogen and oxygen atoms in total. The molecule has 0 aliphatic rings. The Bertz CT molecular complexity index is 903. The number of halogens is 3. The first-order chi connectivity index (χ1) is 12.0. The third-order valence-electron chi connectivity index (χ3n) is 3.38. The summed E-state index contributed by atoms with van der Waals surface area (Å²) in [5, 5.41) is 4.05.